The normalized spacial score (nSPS) is 10.0. The minimum absolute atomic E-state index is 0.0799. The van der Waals surface area contributed by atoms with Crippen LogP contribution in [0.2, 0.25) is 0 Å². The highest BCUT2D eigenvalue weighted by Crippen LogP contribution is 2.14. The number of nitro groups is 1. The Bertz CT molecular complexity index is 495. The number of carboxylic acid groups (broad SMARTS) is 1. The third-order valence-corrected chi connectivity index (χ3v) is 1.78. The number of nitrogens with zero attached hydrogens (tertiary/aromatic N) is 1. The second kappa shape index (κ2) is 5.99. The van der Waals surface area contributed by atoms with E-state index in [0.29, 0.717) is 11.8 Å². The van der Waals surface area contributed by atoms with Crippen molar-refractivity contribution in [2.24, 2.45) is 0 Å². The lowest BCUT2D eigenvalue weighted by Gasteiger charge is -2.05. The predicted octanol–water partition coefficient (Wildman–Crippen LogP) is -0.656. The summed E-state index contributed by atoms with van der Waals surface area (Å²) in [5.74, 6) is -2.18. The summed E-state index contributed by atoms with van der Waals surface area (Å²) in [6.45, 7) is 0. The molecule has 0 aliphatic heterocycles. The van der Waals surface area contributed by atoms with E-state index in [1.54, 1.807) is 0 Å². The van der Waals surface area contributed by atoms with Gasteiger partial charge in [0.25, 0.3) is 11.6 Å². The zero-order valence-corrected chi connectivity index (χ0v) is 8.95. The van der Waals surface area contributed by atoms with Gasteiger partial charge in [0.05, 0.1) is 16.6 Å². The van der Waals surface area contributed by atoms with E-state index in [1.165, 1.54) is 24.3 Å². The molecule has 18 heavy (non-hydrogen) atoms. The third-order valence-electron chi connectivity index (χ3n) is 1.78. The first-order valence-electron chi connectivity index (χ1n) is 4.68. The van der Waals surface area contributed by atoms with Crippen LogP contribution in [0.3, 0.4) is 0 Å². The Kier molecular flexibility index (Phi) is 4.38. The van der Waals surface area contributed by atoms with E-state index in [1.807, 2.05) is 0 Å². The van der Waals surface area contributed by atoms with Crippen LogP contribution < -0.4 is 16.0 Å². The van der Waals surface area contributed by atoms with Crippen molar-refractivity contribution in [3.63, 3.8) is 0 Å². The SMILES string of the molecule is O=C([O-])/C=C/C(=O)NNc1ccc([N+](=O)[O-])cc1. The number of anilines is 1. The maximum absolute atomic E-state index is 11.0. The Balaban J connectivity index is 2.51. The van der Waals surface area contributed by atoms with Gasteiger partial charge >= 0.3 is 0 Å². The molecule has 0 aliphatic carbocycles. The van der Waals surface area contributed by atoms with E-state index in [2.05, 4.69) is 10.9 Å². The molecule has 1 aromatic carbocycles. The Labute approximate surface area is 101 Å². The van der Waals surface area contributed by atoms with Crippen molar-refractivity contribution in [3.8, 4) is 0 Å². The summed E-state index contributed by atoms with van der Waals surface area (Å²) in [7, 11) is 0. The number of hydrogen-bond donors (Lipinski definition) is 2. The molecule has 0 aromatic heterocycles. The fourth-order valence-electron chi connectivity index (χ4n) is 0.986. The molecule has 1 aromatic rings. The number of amides is 1. The lowest BCUT2D eigenvalue weighted by atomic mass is 10.3. The largest absolute Gasteiger partial charge is 0.545 e. The molecule has 0 fully saturated rings. The van der Waals surface area contributed by atoms with Gasteiger partial charge in [-0.15, -0.1) is 0 Å². The first-order valence-corrected chi connectivity index (χ1v) is 4.68. The zero-order valence-electron chi connectivity index (χ0n) is 8.95. The van der Waals surface area contributed by atoms with Gasteiger partial charge in [0.15, 0.2) is 0 Å². The Morgan fingerprint density at radius 2 is 1.78 bits per heavy atom. The highest BCUT2D eigenvalue weighted by atomic mass is 16.6. The van der Waals surface area contributed by atoms with Crippen LogP contribution in [-0.2, 0) is 9.59 Å². The quantitative estimate of drug-likeness (QED) is 0.406. The van der Waals surface area contributed by atoms with Crippen LogP contribution in [-0.4, -0.2) is 16.8 Å². The summed E-state index contributed by atoms with van der Waals surface area (Å²) in [4.78, 5) is 30.9. The molecular weight excluding hydrogens is 242 g/mol. The molecule has 1 amide bonds. The molecule has 94 valence electrons. The second-order valence-corrected chi connectivity index (χ2v) is 3.07. The van der Waals surface area contributed by atoms with Gasteiger partial charge in [0.2, 0.25) is 0 Å². The van der Waals surface area contributed by atoms with Crippen molar-refractivity contribution in [1.82, 2.24) is 5.43 Å². The molecule has 0 aliphatic rings. The van der Waals surface area contributed by atoms with Crippen molar-refractivity contribution < 1.29 is 19.6 Å². The van der Waals surface area contributed by atoms with Crippen molar-refractivity contribution in [3.05, 3.63) is 46.5 Å². The fourth-order valence-corrected chi connectivity index (χ4v) is 0.986. The Morgan fingerprint density at radius 3 is 2.28 bits per heavy atom. The van der Waals surface area contributed by atoms with Crippen molar-refractivity contribution in [2.45, 2.75) is 0 Å². The number of carbonyl (C=O) groups is 2. The van der Waals surface area contributed by atoms with Gasteiger partial charge < -0.3 is 9.90 Å². The molecule has 8 heteroatoms. The summed E-state index contributed by atoms with van der Waals surface area (Å²) in [5.41, 5.74) is 4.95. The zero-order chi connectivity index (χ0) is 13.5. The van der Waals surface area contributed by atoms with Gasteiger partial charge in [0.1, 0.15) is 0 Å². The first-order chi connectivity index (χ1) is 8.49. The van der Waals surface area contributed by atoms with Crippen LogP contribution in [0.25, 0.3) is 0 Å². The highest BCUT2D eigenvalue weighted by molar-refractivity contribution is 5.93. The number of hydrogen-bond acceptors (Lipinski definition) is 6. The van der Waals surface area contributed by atoms with Gasteiger partial charge in [-0.05, 0) is 18.2 Å². The standard InChI is InChI=1S/C10H9N3O5/c14-9(5-6-10(15)16)12-11-7-1-3-8(4-2-7)13(17)18/h1-6,11H,(H,12,14)(H,15,16)/p-1/b6-5+. The van der Waals surface area contributed by atoms with Gasteiger partial charge in [-0.2, -0.15) is 0 Å². The molecular formula is C10H8N3O5-. The van der Waals surface area contributed by atoms with E-state index < -0.39 is 16.8 Å². The fraction of sp³-hybridized carbons (Fsp3) is 0. The lowest BCUT2D eigenvalue weighted by molar-refractivity contribution is -0.384. The maximum atomic E-state index is 11.0. The van der Waals surface area contributed by atoms with Crippen LogP contribution in [0.15, 0.2) is 36.4 Å². The van der Waals surface area contributed by atoms with Crippen LogP contribution in [0.4, 0.5) is 11.4 Å². The minimum Gasteiger partial charge on any atom is -0.545 e. The van der Waals surface area contributed by atoms with E-state index in [0.717, 1.165) is 6.08 Å². The molecule has 0 heterocycles. The van der Waals surface area contributed by atoms with Crippen LogP contribution in [0.1, 0.15) is 0 Å². The minimum atomic E-state index is -1.49. The van der Waals surface area contributed by atoms with Crippen LogP contribution in [0, 0.1) is 10.1 Å². The Morgan fingerprint density at radius 1 is 1.17 bits per heavy atom. The summed E-state index contributed by atoms with van der Waals surface area (Å²) >= 11 is 0. The molecule has 2 N–H and O–H groups in total. The van der Waals surface area contributed by atoms with Gasteiger partial charge in [-0.3, -0.25) is 25.8 Å². The summed E-state index contributed by atoms with van der Waals surface area (Å²) < 4.78 is 0. The smallest absolute Gasteiger partial charge is 0.269 e. The van der Waals surface area contributed by atoms with Gasteiger partial charge in [0, 0.05) is 18.2 Å². The number of carboxylic acids is 1. The molecule has 8 nitrogen and oxygen atoms in total. The van der Waals surface area contributed by atoms with Crippen LogP contribution >= 0.6 is 0 Å². The molecule has 0 saturated carbocycles. The van der Waals surface area contributed by atoms with Gasteiger partial charge in [-0.25, -0.2) is 0 Å². The Hall–Kier alpha value is -2.90. The topological polar surface area (TPSA) is 124 Å². The summed E-state index contributed by atoms with van der Waals surface area (Å²) in [6, 6.07) is 5.29. The molecule has 0 bridgehead atoms. The number of nitro benzene ring substituents is 1. The number of carbonyl (C=O) groups excluding carboxylic acids is 2. The van der Waals surface area contributed by atoms with E-state index >= 15 is 0 Å². The van der Waals surface area contributed by atoms with E-state index in [4.69, 9.17) is 0 Å². The molecule has 0 saturated heterocycles. The van der Waals surface area contributed by atoms with Crippen molar-refractivity contribution in [2.75, 3.05) is 5.43 Å². The highest BCUT2D eigenvalue weighted by Gasteiger charge is 2.03. The number of benzene rings is 1. The lowest BCUT2D eigenvalue weighted by Crippen LogP contribution is -2.28. The average Bonchev–Trinajstić information content (AvgIpc) is 2.34. The number of aliphatic carboxylic acids is 1. The molecule has 1 rings (SSSR count). The summed E-state index contributed by atoms with van der Waals surface area (Å²) in [6.07, 6.45) is 1.35. The van der Waals surface area contributed by atoms with Crippen LogP contribution in [0.5, 0.6) is 0 Å². The molecule has 0 radical (unpaired) electrons. The first kappa shape index (κ1) is 13.2. The summed E-state index contributed by atoms with van der Waals surface area (Å²) in [5, 5.41) is 20.4. The molecule has 0 spiro atoms. The number of non-ortho nitro benzene ring substituents is 1. The number of hydrazine groups is 1. The van der Waals surface area contributed by atoms with Crippen molar-refractivity contribution in [1.29, 1.82) is 0 Å². The third kappa shape index (κ3) is 4.31. The monoisotopic (exact) mass is 250 g/mol. The maximum Gasteiger partial charge on any atom is 0.269 e. The second-order valence-electron chi connectivity index (χ2n) is 3.07. The van der Waals surface area contributed by atoms with Gasteiger partial charge in [-0.1, -0.05) is 0 Å². The average molecular weight is 250 g/mol. The number of rotatable bonds is 5. The van der Waals surface area contributed by atoms with E-state index in [-0.39, 0.29) is 5.69 Å². The predicted molar refractivity (Wildman–Crippen MR) is 59.0 cm³/mol. The molecule has 0 unspecified atom stereocenters. The molecule has 0 atom stereocenters. The number of nitrogens with one attached hydrogen (secondary N) is 2. The van der Waals surface area contributed by atoms with Crippen molar-refractivity contribution >= 4 is 23.3 Å². The van der Waals surface area contributed by atoms with E-state index in [9.17, 15) is 24.8 Å².